The second-order valence-electron chi connectivity index (χ2n) is 18.6. The molecule has 0 saturated carbocycles. The van der Waals surface area contributed by atoms with Gasteiger partial charge in [-0.05, 0) is 112 Å². The van der Waals surface area contributed by atoms with Crippen molar-refractivity contribution in [2.75, 3.05) is 14.7 Å². The molecule has 0 atom stereocenters. The van der Waals surface area contributed by atoms with Crippen molar-refractivity contribution in [3.05, 3.63) is 200 Å². The van der Waals surface area contributed by atoms with Crippen LogP contribution in [0.15, 0.2) is 199 Å². The van der Waals surface area contributed by atoms with Crippen molar-refractivity contribution in [2.24, 2.45) is 0 Å². The van der Waals surface area contributed by atoms with Crippen LogP contribution >= 0.6 is 0 Å². The molecule has 0 aliphatic carbocycles. The molecule has 11 aromatic rings. The van der Waals surface area contributed by atoms with Crippen molar-refractivity contribution in [1.29, 1.82) is 0 Å². The highest BCUT2D eigenvalue weighted by molar-refractivity contribution is 7.00. The minimum Gasteiger partial charge on any atom is -0.456 e. The van der Waals surface area contributed by atoms with E-state index in [0.717, 1.165) is 50.4 Å². The average molecular weight is 821 g/mol. The minimum atomic E-state index is -0.0568. The second-order valence-corrected chi connectivity index (χ2v) is 18.6. The molecule has 64 heavy (non-hydrogen) atoms. The van der Waals surface area contributed by atoms with Gasteiger partial charge in [0.1, 0.15) is 11.2 Å². The summed E-state index contributed by atoms with van der Waals surface area (Å²) >= 11 is 0. The molecule has 302 valence electrons. The lowest BCUT2D eigenvalue weighted by atomic mass is 9.33. The van der Waals surface area contributed by atoms with E-state index in [2.05, 4.69) is 228 Å². The molecule has 0 fully saturated rings. The Bertz CT molecular complexity index is 3710. The number of anilines is 9. The maximum atomic E-state index is 6.43. The quantitative estimate of drug-likeness (QED) is 0.165. The number of fused-ring (bicyclic) bond motifs is 12. The number of para-hydroxylation sites is 6. The van der Waals surface area contributed by atoms with Gasteiger partial charge in [-0.25, -0.2) is 0 Å². The zero-order valence-electron chi connectivity index (χ0n) is 35.7. The van der Waals surface area contributed by atoms with E-state index in [9.17, 15) is 0 Å². The average Bonchev–Trinajstić information content (AvgIpc) is 3.87. The van der Waals surface area contributed by atoms with E-state index in [-0.39, 0.29) is 12.1 Å². The number of rotatable bonds is 4. The van der Waals surface area contributed by atoms with Gasteiger partial charge in [-0.1, -0.05) is 130 Å². The van der Waals surface area contributed by atoms with Crippen LogP contribution in [0, 0.1) is 0 Å². The molecule has 3 aliphatic rings. The minimum absolute atomic E-state index is 0.0400. The van der Waals surface area contributed by atoms with Gasteiger partial charge in [0.2, 0.25) is 0 Å². The molecule has 0 bridgehead atoms. The van der Waals surface area contributed by atoms with E-state index in [1.54, 1.807) is 0 Å². The molecule has 0 spiro atoms. The number of furan rings is 1. The predicted molar refractivity (Wildman–Crippen MR) is 269 cm³/mol. The smallest absolute Gasteiger partial charge is 0.252 e. The van der Waals surface area contributed by atoms with Gasteiger partial charge in [-0.15, -0.1) is 0 Å². The Morgan fingerprint density at radius 1 is 0.453 bits per heavy atom. The van der Waals surface area contributed by atoms with Crippen LogP contribution in [0.2, 0.25) is 0 Å². The molecule has 2 aromatic heterocycles. The Balaban J connectivity index is 1.15. The van der Waals surface area contributed by atoms with E-state index in [4.69, 9.17) is 4.42 Å². The van der Waals surface area contributed by atoms with Crippen LogP contribution in [0.1, 0.15) is 26.3 Å². The first-order chi connectivity index (χ1) is 31.4. The van der Waals surface area contributed by atoms with Gasteiger partial charge in [0.15, 0.2) is 0 Å². The van der Waals surface area contributed by atoms with E-state index in [1.165, 1.54) is 72.2 Å². The Hall–Kier alpha value is -7.96. The molecule has 3 aliphatic heterocycles. The highest BCUT2D eigenvalue weighted by Crippen LogP contribution is 2.54. The van der Waals surface area contributed by atoms with Crippen molar-refractivity contribution in [2.45, 2.75) is 26.2 Å². The lowest BCUT2D eigenvalue weighted by molar-refractivity contribution is 0.591. The molecular formula is C58H41BN4O. The summed E-state index contributed by atoms with van der Waals surface area (Å²) in [4.78, 5) is 7.55. The van der Waals surface area contributed by atoms with Gasteiger partial charge in [-0.3, -0.25) is 0 Å². The number of aromatic nitrogens is 1. The summed E-state index contributed by atoms with van der Waals surface area (Å²) in [6.45, 7) is 6.94. The summed E-state index contributed by atoms with van der Waals surface area (Å²) in [5, 5.41) is 4.74. The lowest BCUT2D eigenvalue weighted by Crippen LogP contribution is -2.62. The molecule has 14 rings (SSSR count). The van der Waals surface area contributed by atoms with Crippen LogP contribution in [0.3, 0.4) is 0 Å². The summed E-state index contributed by atoms with van der Waals surface area (Å²) in [7, 11) is 0. The van der Waals surface area contributed by atoms with Gasteiger partial charge < -0.3 is 23.7 Å². The summed E-state index contributed by atoms with van der Waals surface area (Å²) in [5.41, 5.74) is 20.9. The monoisotopic (exact) mass is 820 g/mol. The predicted octanol–water partition coefficient (Wildman–Crippen LogP) is 13.8. The van der Waals surface area contributed by atoms with Crippen molar-refractivity contribution in [3.63, 3.8) is 0 Å². The van der Waals surface area contributed by atoms with Gasteiger partial charge in [0.05, 0.1) is 33.8 Å². The summed E-state index contributed by atoms with van der Waals surface area (Å²) in [6.07, 6.45) is 0. The highest BCUT2D eigenvalue weighted by Gasteiger charge is 2.47. The van der Waals surface area contributed by atoms with Crippen LogP contribution in [-0.2, 0) is 5.41 Å². The highest BCUT2D eigenvalue weighted by atomic mass is 16.3. The van der Waals surface area contributed by atoms with Crippen molar-refractivity contribution in [3.8, 4) is 5.69 Å². The van der Waals surface area contributed by atoms with Gasteiger partial charge in [0, 0.05) is 55.7 Å². The van der Waals surface area contributed by atoms with Crippen LogP contribution < -0.4 is 31.1 Å². The third-order valence-corrected chi connectivity index (χ3v) is 14.0. The van der Waals surface area contributed by atoms with Crippen molar-refractivity contribution in [1.82, 2.24) is 4.57 Å². The molecule has 5 heterocycles. The molecule has 0 N–H and O–H groups in total. The van der Waals surface area contributed by atoms with Gasteiger partial charge in [-0.2, -0.15) is 0 Å². The Labute approximate surface area is 371 Å². The first-order valence-corrected chi connectivity index (χ1v) is 22.3. The van der Waals surface area contributed by atoms with E-state index < -0.39 is 0 Å². The van der Waals surface area contributed by atoms with Gasteiger partial charge >= 0.3 is 0 Å². The fraction of sp³-hybridized carbons (Fsp3) is 0.0690. The van der Waals surface area contributed by atoms with Crippen LogP contribution in [-0.4, -0.2) is 11.3 Å². The second kappa shape index (κ2) is 12.8. The third-order valence-electron chi connectivity index (χ3n) is 14.0. The van der Waals surface area contributed by atoms with Crippen molar-refractivity contribution < 1.29 is 4.42 Å². The van der Waals surface area contributed by atoms with E-state index >= 15 is 0 Å². The zero-order chi connectivity index (χ0) is 42.4. The summed E-state index contributed by atoms with van der Waals surface area (Å²) in [6, 6.07) is 71.6. The first-order valence-electron chi connectivity index (χ1n) is 22.3. The lowest BCUT2D eigenvalue weighted by Gasteiger charge is -2.47. The Morgan fingerprint density at radius 2 is 1.11 bits per heavy atom. The van der Waals surface area contributed by atoms with E-state index in [0.29, 0.717) is 0 Å². The Kier molecular flexibility index (Phi) is 7.13. The third kappa shape index (κ3) is 4.80. The largest absolute Gasteiger partial charge is 0.456 e. The van der Waals surface area contributed by atoms with Crippen LogP contribution in [0.4, 0.5) is 51.2 Å². The summed E-state index contributed by atoms with van der Waals surface area (Å²) in [5.74, 6) is 0. The number of hydrogen-bond donors (Lipinski definition) is 0. The molecule has 6 heteroatoms. The molecular weight excluding hydrogens is 779 g/mol. The molecule has 0 saturated heterocycles. The van der Waals surface area contributed by atoms with Crippen LogP contribution in [0.25, 0.3) is 49.4 Å². The topological polar surface area (TPSA) is 27.8 Å². The van der Waals surface area contributed by atoms with E-state index in [1.807, 2.05) is 6.07 Å². The fourth-order valence-electron chi connectivity index (χ4n) is 11.2. The molecule has 0 radical (unpaired) electrons. The Morgan fingerprint density at radius 3 is 1.89 bits per heavy atom. The SMILES string of the molecule is CC(C)(C)c1ccc2c(c1)B1c3cccc4c3N(c3cc(N(c5ccccc5)c5ccccc5)cc(c31)N2c1ccc2oc3ccccc3c2c1)c1cccc2c3ccccc3n-4c12. The maximum absolute atomic E-state index is 6.43. The number of hydrogen-bond acceptors (Lipinski definition) is 4. The van der Waals surface area contributed by atoms with Crippen LogP contribution in [0.5, 0.6) is 0 Å². The van der Waals surface area contributed by atoms with Gasteiger partial charge in [0.25, 0.3) is 6.71 Å². The standard InChI is InChI=1S/C58H41BN4O/c1-58(2,3)36-28-30-48-46(32-36)59-45-23-15-26-50-57(45)63(49-25-14-22-43-41-20-10-12-24-47(41)62(50)56(43)49)52-35-40(60(37-16-6-4-7-17-37)38-18-8-5-9-19-38)34-51(55(52)59)61(48)39-29-31-54-44(33-39)42-21-11-13-27-53(42)64-54/h4-35H,1-3H3. The number of nitrogens with zero attached hydrogens (tertiary/aromatic N) is 4. The van der Waals surface area contributed by atoms with Crippen molar-refractivity contribution >= 4 is 118 Å². The molecule has 0 unspecified atom stereocenters. The molecule has 0 amide bonds. The molecule has 5 nitrogen and oxygen atoms in total. The molecule has 9 aromatic carbocycles. The maximum Gasteiger partial charge on any atom is 0.252 e. The first kappa shape index (κ1) is 35.6. The normalized spacial score (nSPS) is 13.5. The summed E-state index contributed by atoms with van der Waals surface area (Å²) < 4.78 is 8.95. The fourth-order valence-corrected chi connectivity index (χ4v) is 11.2. The zero-order valence-corrected chi connectivity index (χ0v) is 35.7. The number of benzene rings is 9.